The van der Waals surface area contributed by atoms with Gasteiger partial charge in [-0.3, -0.25) is 10.1 Å². The number of nitro groups is 1. The lowest BCUT2D eigenvalue weighted by molar-refractivity contribution is -0.384. The van der Waals surface area contributed by atoms with Gasteiger partial charge in [0.2, 0.25) is 5.82 Å². The highest BCUT2D eigenvalue weighted by Crippen LogP contribution is 2.22. The van der Waals surface area contributed by atoms with Gasteiger partial charge in [0.25, 0.3) is 0 Å². The third-order valence-electron chi connectivity index (χ3n) is 2.60. The Morgan fingerprint density at radius 1 is 1.50 bits per heavy atom. The van der Waals surface area contributed by atoms with Gasteiger partial charge in [0, 0.05) is 17.8 Å². The van der Waals surface area contributed by atoms with Crippen LogP contribution in [0.2, 0.25) is 0 Å². The first kappa shape index (κ1) is 14.4. The van der Waals surface area contributed by atoms with Crippen LogP contribution in [-0.2, 0) is 0 Å². The molecular formula is C12H20N4O2. The summed E-state index contributed by atoms with van der Waals surface area (Å²) in [6.45, 7) is 4.74. The number of anilines is 1. The van der Waals surface area contributed by atoms with Crippen molar-refractivity contribution in [2.75, 3.05) is 26.0 Å². The number of rotatable bonds is 6. The second-order valence-electron chi connectivity index (χ2n) is 4.71. The minimum atomic E-state index is -0.409. The number of nitrogens with zero attached hydrogens (tertiary/aromatic N) is 3. The maximum Gasteiger partial charge on any atom is 0.311 e. The zero-order chi connectivity index (χ0) is 13.7. The fourth-order valence-electron chi connectivity index (χ4n) is 1.56. The van der Waals surface area contributed by atoms with Crippen molar-refractivity contribution in [1.82, 2.24) is 9.88 Å². The van der Waals surface area contributed by atoms with Gasteiger partial charge in [0.15, 0.2) is 0 Å². The van der Waals surface area contributed by atoms with E-state index in [2.05, 4.69) is 15.2 Å². The van der Waals surface area contributed by atoms with Crippen LogP contribution in [0.4, 0.5) is 11.5 Å². The highest BCUT2D eigenvalue weighted by molar-refractivity contribution is 5.56. The molecule has 0 bridgehead atoms. The molecule has 1 rings (SSSR count). The molecule has 6 heteroatoms. The first-order valence-electron chi connectivity index (χ1n) is 5.93. The quantitative estimate of drug-likeness (QED) is 0.619. The highest BCUT2D eigenvalue weighted by Gasteiger charge is 2.16. The van der Waals surface area contributed by atoms with Crippen LogP contribution in [0.25, 0.3) is 0 Å². The highest BCUT2D eigenvalue weighted by atomic mass is 16.6. The number of aromatic nitrogens is 1. The molecule has 1 unspecified atom stereocenters. The van der Waals surface area contributed by atoms with Crippen LogP contribution in [0.5, 0.6) is 0 Å². The predicted octanol–water partition coefficient (Wildman–Crippen LogP) is 2.05. The molecule has 0 aliphatic rings. The Morgan fingerprint density at radius 3 is 2.72 bits per heavy atom. The van der Waals surface area contributed by atoms with Gasteiger partial charge < -0.3 is 10.2 Å². The van der Waals surface area contributed by atoms with Crippen LogP contribution in [0, 0.1) is 17.0 Å². The molecule has 1 aromatic rings. The van der Waals surface area contributed by atoms with E-state index in [1.807, 2.05) is 27.9 Å². The van der Waals surface area contributed by atoms with Crippen LogP contribution >= 0.6 is 0 Å². The Kier molecular flexibility index (Phi) is 5.03. The van der Waals surface area contributed by atoms with Gasteiger partial charge in [0.05, 0.1) is 4.92 Å². The summed E-state index contributed by atoms with van der Waals surface area (Å²) in [6.07, 6.45) is 0.903. The number of hydrogen-bond donors (Lipinski definition) is 1. The minimum Gasteiger partial charge on any atom is -0.362 e. The van der Waals surface area contributed by atoms with Crippen molar-refractivity contribution >= 4 is 11.5 Å². The van der Waals surface area contributed by atoms with Crippen LogP contribution in [0.15, 0.2) is 12.1 Å². The molecule has 0 spiro atoms. The number of pyridine rings is 1. The summed E-state index contributed by atoms with van der Waals surface area (Å²) in [5.41, 5.74) is 0.792. The van der Waals surface area contributed by atoms with Crippen molar-refractivity contribution in [3.8, 4) is 0 Å². The first-order chi connectivity index (χ1) is 8.40. The second kappa shape index (κ2) is 6.30. The van der Waals surface area contributed by atoms with Crippen LogP contribution in [0.1, 0.15) is 19.0 Å². The molecule has 0 fully saturated rings. The van der Waals surface area contributed by atoms with E-state index in [0.717, 1.165) is 18.7 Å². The molecule has 1 aromatic heterocycles. The van der Waals surface area contributed by atoms with Crippen LogP contribution in [0.3, 0.4) is 0 Å². The maximum atomic E-state index is 10.9. The predicted molar refractivity (Wildman–Crippen MR) is 71.9 cm³/mol. The van der Waals surface area contributed by atoms with E-state index < -0.39 is 4.92 Å². The van der Waals surface area contributed by atoms with E-state index >= 15 is 0 Å². The largest absolute Gasteiger partial charge is 0.362 e. The van der Waals surface area contributed by atoms with Crippen LogP contribution in [-0.4, -0.2) is 41.5 Å². The van der Waals surface area contributed by atoms with Crippen molar-refractivity contribution in [1.29, 1.82) is 0 Å². The molecule has 100 valence electrons. The van der Waals surface area contributed by atoms with Gasteiger partial charge in [-0.2, -0.15) is 0 Å². The fraction of sp³-hybridized carbons (Fsp3) is 0.583. The molecule has 0 aliphatic heterocycles. The number of hydrogen-bond acceptors (Lipinski definition) is 5. The lowest BCUT2D eigenvalue weighted by Crippen LogP contribution is -2.23. The Bertz CT molecular complexity index is 421. The molecular weight excluding hydrogens is 232 g/mol. The van der Waals surface area contributed by atoms with E-state index in [1.165, 1.54) is 6.07 Å². The first-order valence-corrected chi connectivity index (χ1v) is 5.93. The molecule has 0 amide bonds. The molecule has 0 saturated carbocycles. The summed E-state index contributed by atoms with van der Waals surface area (Å²) in [6, 6.07) is 3.28. The molecule has 0 aromatic carbocycles. The Balaban J connectivity index is 2.76. The lowest BCUT2D eigenvalue weighted by Gasteiger charge is -2.17. The summed E-state index contributed by atoms with van der Waals surface area (Å²) >= 11 is 0. The number of aryl methyl sites for hydroxylation is 1. The molecule has 0 radical (unpaired) electrons. The van der Waals surface area contributed by atoms with Crippen molar-refractivity contribution in [3.63, 3.8) is 0 Å². The maximum absolute atomic E-state index is 10.9. The van der Waals surface area contributed by atoms with Gasteiger partial charge in [-0.05, 0) is 47.0 Å². The Hall–Kier alpha value is -1.69. The third-order valence-corrected chi connectivity index (χ3v) is 2.60. The van der Waals surface area contributed by atoms with Crippen molar-refractivity contribution in [3.05, 3.63) is 27.9 Å². The van der Waals surface area contributed by atoms with E-state index in [4.69, 9.17) is 0 Å². The monoisotopic (exact) mass is 252 g/mol. The summed E-state index contributed by atoms with van der Waals surface area (Å²) < 4.78 is 0. The molecule has 1 N–H and O–H groups in total. The SMILES string of the molecule is Cc1ccc([N+](=O)[O-])c(NC(C)CCN(C)C)n1. The average Bonchev–Trinajstić information content (AvgIpc) is 2.26. The summed E-state index contributed by atoms with van der Waals surface area (Å²) in [5, 5.41) is 14.0. The summed E-state index contributed by atoms with van der Waals surface area (Å²) in [5.74, 6) is 0.353. The normalized spacial score (nSPS) is 12.5. The minimum absolute atomic E-state index is 0.0253. The van der Waals surface area contributed by atoms with Gasteiger partial charge in [-0.1, -0.05) is 0 Å². The van der Waals surface area contributed by atoms with E-state index in [9.17, 15) is 10.1 Å². The van der Waals surface area contributed by atoms with Gasteiger partial charge >= 0.3 is 5.69 Å². The zero-order valence-electron chi connectivity index (χ0n) is 11.3. The molecule has 18 heavy (non-hydrogen) atoms. The smallest absolute Gasteiger partial charge is 0.311 e. The topological polar surface area (TPSA) is 71.3 Å². The standard InChI is InChI=1S/C12H20N4O2/c1-9-5-6-11(16(17)18)12(13-9)14-10(2)7-8-15(3)4/h5-6,10H,7-8H2,1-4H3,(H,13,14). The van der Waals surface area contributed by atoms with Gasteiger partial charge in [-0.15, -0.1) is 0 Å². The summed E-state index contributed by atoms with van der Waals surface area (Å²) in [7, 11) is 4.00. The van der Waals surface area contributed by atoms with Crippen molar-refractivity contribution in [2.45, 2.75) is 26.3 Å². The third kappa shape index (κ3) is 4.29. The van der Waals surface area contributed by atoms with E-state index in [-0.39, 0.29) is 11.7 Å². The van der Waals surface area contributed by atoms with E-state index in [0.29, 0.717) is 5.82 Å². The summed E-state index contributed by atoms with van der Waals surface area (Å²) in [4.78, 5) is 16.8. The van der Waals surface area contributed by atoms with Gasteiger partial charge in [0.1, 0.15) is 0 Å². The van der Waals surface area contributed by atoms with Crippen LogP contribution < -0.4 is 5.32 Å². The molecule has 1 atom stereocenters. The van der Waals surface area contributed by atoms with Crippen molar-refractivity contribution in [2.24, 2.45) is 0 Å². The van der Waals surface area contributed by atoms with Gasteiger partial charge in [-0.25, -0.2) is 4.98 Å². The zero-order valence-corrected chi connectivity index (χ0v) is 11.3. The van der Waals surface area contributed by atoms with Crippen molar-refractivity contribution < 1.29 is 4.92 Å². The average molecular weight is 252 g/mol. The lowest BCUT2D eigenvalue weighted by atomic mass is 10.2. The second-order valence-corrected chi connectivity index (χ2v) is 4.71. The Morgan fingerprint density at radius 2 is 2.17 bits per heavy atom. The Labute approximate surface area is 107 Å². The fourth-order valence-corrected chi connectivity index (χ4v) is 1.56. The molecule has 1 heterocycles. The van der Waals surface area contributed by atoms with E-state index in [1.54, 1.807) is 6.07 Å². The molecule has 6 nitrogen and oxygen atoms in total. The molecule has 0 saturated heterocycles. The molecule has 0 aliphatic carbocycles. The number of nitrogens with one attached hydrogen (secondary N) is 1.